The van der Waals surface area contributed by atoms with Gasteiger partial charge in [-0.3, -0.25) is 4.79 Å². The lowest BCUT2D eigenvalue weighted by atomic mass is 10.1. The number of nitrogens with zero attached hydrogens (tertiary/aromatic N) is 4. The van der Waals surface area contributed by atoms with Gasteiger partial charge in [0, 0.05) is 61.2 Å². The van der Waals surface area contributed by atoms with Crippen molar-refractivity contribution in [1.29, 1.82) is 0 Å². The Morgan fingerprint density at radius 1 is 0.968 bits per heavy atom. The summed E-state index contributed by atoms with van der Waals surface area (Å²) >= 11 is 0. The second-order valence-corrected chi connectivity index (χ2v) is 7.65. The molecule has 4 rings (SSSR count). The van der Waals surface area contributed by atoms with Crippen LogP contribution in [0.4, 0.5) is 23.0 Å². The molecule has 1 aromatic heterocycles. The Morgan fingerprint density at radius 2 is 1.74 bits per heavy atom. The van der Waals surface area contributed by atoms with Crippen molar-refractivity contribution in [3.63, 3.8) is 0 Å². The number of benzene rings is 2. The van der Waals surface area contributed by atoms with E-state index in [-0.39, 0.29) is 5.91 Å². The summed E-state index contributed by atoms with van der Waals surface area (Å²) in [6.07, 6.45) is 3.34. The fraction of sp³-hybridized carbons (Fsp3) is 0.292. The summed E-state index contributed by atoms with van der Waals surface area (Å²) in [5.41, 5.74) is 4.53. The molecule has 0 aliphatic carbocycles. The molecule has 2 heterocycles. The Bertz CT molecular complexity index is 1030. The number of anilines is 4. The summed E-state index contributed by atoms with van der Waals surface area (Å²) in [5, 5.41) is 6.12. The van der Waals surface area contributed by atoms with Crippen LogP contribution in [0.25, 0.3) is 0 Å². The van der Waals surface area contributed by atoms with Crippen molar-refractivity contribution < 1.29 is 4.79 Å². The van der Waals surface area contributed by atoms with Crippen molar-refractivity contribution in [2.45, 2.75) is 13.8 Å². The van der Waals surface area contributed by atoms with E-state index in [1.165, 1.54) is 11.3 Å². The van der Waals surface area contributed by atoms with Gasteiger partial charge in [0.25, 0.3) is 5.91 Å². The summed E-state index contributed by atoms with van der Waals surface area (Å²) in [5.74, 6) is 0.340. The fourth-order valence-electron chi connectivity index (χ4n) is 3.83. The van der Waals surface area contributed by atoms with E-state index in [4.69, 9.17) is 0 Å². The quantitative estimate of drug-likeness (QED) is 0.634. The van der Waals surface area contributed by atoms with Crippen LogP contribution in [0.5, 0.6) is 0 Å². The summed E-state index contributed by atoms with van der Waals surface area (Å²) in [6.45, 7) is 9.66. The number of carbonyl (C=O) groups excluding carboxylic acids is 1. The van der Waals surface area contributed by atoms with Crippen LogP contribution in [0, 0.1) is 6.92 Å². The molecule has 1 fully saturated rings. The van der Waals surface area contributed by atoms with Gasteiger partial charge in [-0.25, -0.2) is 9.97 Å². The van der Waals surface area contributed by atoms with Gasteiger partial charge in [0.1, 0.15) is 0 Å². The maximum absolute atomic E-state index is 12.8. The summed E-state index contributed by atoms with van der Waals surface area (Å²) in [6, 6.07) is 15.2. The van der Waals surface area contributed by atoms with Crippen molar-refractivity contribution in [1.82, 2.24) is 14.9 Å². The number of hydrogen-bond acceptors (Lipinski definition) is 6. The lowest BCUT2D eigenvalue weighted by Crippen LogP contribution is -2.46. The van der Waals surface area contributed by atoms with E-state index in [0.717, 1.165) is 44.1 Å². The van der Waals surface area contributed by atoms with Crippen LogP contribution >= 0.6 is 0 Å². The number of amides is 1. The molecule has 7 heteroatoms. The second kappa shape index (κ2) is 9.57. The van der Waals surface area contributed by atoms with Crippen LogP contribution in [-0.2, 0) is 0 Å². The van der Waals surface area contributed by atoms with Crippen molar-refractivity contribution in [3.05, 3.63) is 72.1 Å². The summed E-state index contributed by atoms with van der Waals surface area (Å²) in [4.78, 5) is 26.0. The molecule has 0 radical (unpaired) electrons. The number of rotatable bonds is 6. The zero-order valence-corrected chi connectivity index (χ0v) is 18.0. The molecule has 1 amide bonds. The third-order valence-corrected chi connectivity index (χ3v) is 5.56. The minimum absolute atomic E-state index is 0.152. The number of likely N-dealkylation sites (N-methyl/N-ethyl adjacent to an activating group) is 1. The minimum atomic E-state index is -0.152. The number of nitrogens with one attached hydrogen (secondary N) is 2. The topological polar surface area (TPSA) is 73.4 Å². The first-order chi connectivity index (χ1) is 15.1. The molecular formula is C24H28N6O. The van der Waals surface area contributed by atoms with E-state index >= 15 is 0 Å². The first-order valence-electron chi connectivity index (χ1n) is 10.7. The summed E-state index contributed by atoms with van der Waals surface area (Å²) < 4.78 is 0. The molecule has 1 aliphatic heterocycles. The Labute approximate surface area is 183 Å². The number of aryl methyl sites for hydroxylation is 1. The Hall–Kier alpha value is -3.45. The summed E-state index contributed by atoms with van der Waals surface area (Å²) in [7, 11) is 0. The van der Waals surface area contributed by atoms with Crippen molar-refractivity contribution in [3.8, 4) is 0 Å². The zero-order chi connectivity index (χ0) is 21.6. The van der Waals surface area contributed by atoms with E-state index in [2.05, 4.69) is 50.3 Å². The number of carbonyl (C=O) groups is 1. The van der Waals surface area contributed by atoms with Crippen molar-refractivity contribution in [2.24, 2.45) is 0 Å². The molecule has 2 N–H and O–H groups in total. The molecule has 7 nitrogen and oxygen atoms in total. The molecule has 31 heavy (non-hydrogen) atoms. The molecule has 3 aromatic rings. The van der Waals surface area contributed by atoms with Gasteiger partial charge in [-0.05, 0) is 61.5 Å². The van der Waals surface area contributed by atoms with Crippen LogP contribution in [-0.4, -0.2) is 53.5 Å². The molecule has 0 atom stereocenters. The van der Waals surface area contributed by atoms with Gasteiger partial charge in [-0.15, -0.1) is 0 Å². The molecule has 1 aliphatic rings. The van der Waals surface area contributed by atoms with Crippen LogP contribution in [0.1, 0.15) is 22.8 Å². The van der Waals surface area contributed by atoms with Gasteiger partial charge in [-0.1, -0.05) is 13.0 Å². The van der Waals surface area contributed by atoms with Gasteiger partial charge >= 0.3 is 0 Å². The molecule has 1 saturated heterocycles. The lowest BCUT2D eigenvalue weighted by molar-refractivity contribution is 0.102. The first-order valence-corrected chi connectivity index (χ1v) is 10.7. The number of piperazine rings is 1. The zero-order valence-electron chi connectivity index (χ0n) is 18.0. The lowest BCUT2D eigenvalue weighted by Gasteiger charge is -2.36. The van der Waals surface area contributed by atoms with Crippen molar-refractivity contribution >= 4 is 28.9 Å². The SMILES string of the molecule is CCN1CCN(c2ccc(NC(=O)c3cccc(Nc4ncccn4)c3)cc2C)CC1. The normalized spacial score (nSPS) is 14.3. The van der Waals surface area contributed by atoms with Gasteiger partial charge in [0.15, 0.2) is 0 Å². The van der Waals surface area contributed by atoms with Gasteiger partial charge < -0.3 is 20.4 Å². The highest BCUT2D eigenvalue weighted by Gasteiger charge is 2.17. The number of hydrogen-bond donors (Lipinski definition) is 2. The van der Waals surface area contributed by atoms with E-state index in [1.54, 1.807) is 30.6 Å². The van der Waals surface area contributed by atoms with Crippen LogP contribution in [0.2, 0.25) is 0 Å². The molecule has 2 aromatic carbocycles. The smallest absolute Gasteiger partial charge is 0.255 e. The predicted molar refractivity (Wildman–Crippen MR) is 125 cm³/mol. The maximum Gasteiger partial charge on any atom is 0.255 e. The van der Waals surface area contributed by atoms with E-state index < -0.39 is 0 Å². The number of aromatic nitrogens is 2. The Balaban J connectivity index is 1.42. The molecule has 0 bridgehead atoms. The third-order valence-electron chi connectivity index (χ3n) is 5.56. The average Bonchev–Trinajstić information content (AvgIpc) is 2.80. The third kappa shape index (κ3) is 5.19. The molecule has 0 saturated carbocycles. The highest BCUT2D eigenvalue weighted by molar-refractivity contribution is 6.05. The minimum Gasteiger partial charge on any atom is -0.369 e. The highest BCUT2D eigenvalue weighted by atomic mass is 16.1. The monoisotopic (exact) mass is 416 g/mol. The van der Waals surface area contributed by atoms with Gasteiger partial charge in [0.2, 0.25) is 5.95 Å². The van der Waals surface area contributed by atoms with E-state index in [9.17, 15) is 4.79 Å². The molecular weight excluding hydrogens is 388 g/mol. The van der Waals surface area contributed by atoms with Crippen molar-refractivity contribution in [2.75, 3.05) is 48.3 Å². The van der Waals surface area contributed by atoms with Crippen LogP contribution < -0.4 is 15.5 Å². The first kappa shape index (κ1) is 20.8. The highest BCUT2D eigenvalue weighted by Crippen LogP contribution is 2.25. The van der Waals surface area contributed by atoms with E-state index in [0.29, 0.717) is 11.5 Å². The van der Waals surface area contributed by atoms with Gasteiger partial charge in [-0.2, -0.15) is 0 Å². The Morgan fingerprint density at radius 3 is 2.45 bits per heavy atom. The molecule has 160 valence electrons. The van der Waals surface area contributed by atoms with Crippen LogP contribution in [0.15, 0.2) is 60.9 Å². The van der Waals surface area contributed by atoms with Crippen LogP contribution in [0.3, 0.4) is 0 Å². The fourth-order valence-corrected chi connectivity index (χ4v) is 3.83. The molecule has 0 unspecified atom stereocenters. The predicted octanol–water partition coefficient (Wildman–Crippen LogP) is 3.92. The average molecular weight is 417 g/mol. The standard InChI is InChI=1S/C24H28N6O/c1-3-29-12-14-30(15-13-29)22-9-8-21(16-18(22)2)27-23(31)19-6-4-7-20(17-19)28-24-25-10-5-11-26-24/h4-11,16-17H,3,12-15H2,1-2H3,(H,27,31)(H,25,26,28). The van der Waals surface area contributed by atoms with E-state index in [1.807, 2.05) is 24.3 Å². The Kier molecular flexibility index (Phi) is 6.43. The molecule has 0 spiro atoms. The second-order valence-electron chi connectivity index (χ2n) is 7.65. The maximum atomic E-state index is 12.8. The largest absolute Gasteiger partial charge is 0.369 e. The van der Waals surface area contributed by atoms with Gasteiger partial charge in [0.05, 0.1) is 0 Å².